The van der Waals surface area contributed by atoms with E-state index in [1.54, 1.807) is 37.6 Å². The van der Waals surface area contributed by atoms with Gasteiger partial charge in [-0.15, -0.1) is 0 Å². The lowest BCUT2D eigenvalue weighted by Crippen LogP contribution is -2.24. The summed E-state index contributed by atoms with van der Waals surface area (Å²) in [5.41, 5.74) is 4.13. The smallest absolute Gasteiger partial charge is 0.273 e. The number of ether oxygens (including phenoxy) is 1. The highest BCUT2D eigenvalue weighted by Gasteiger charge is 2.16. The fourth-order valence-corrected chi connectivity index (χ4v) is 2.46. The number of anilines is 1. The van der Waals surface area contributed by atoms with Gasteiger partial charge in [0, 0.05) is 12.6 Å². The third-order valence-electron chi connectivity index (χ3n) is 3.94. The summed E-state index contributed by atoms with van der Waals surface area (Å²) in [6.45, 7) is 0. The quantitative estimate of drug-likeness (QED) is 0.559. The van der Waals surface area contributed by atoms with E-state index < -0.39 is 5.56 Å². The van der Waals surface area contributed by atoms with Crippen LogP contribution in [0.2, 0.25) is 0 Å². The molecule has 0 unspecified atom stereocenters. The molecule has 0 atom stereocenters. The van der Waals surface area contributed by atoms with Gasteiger partial charge >= 0.3 is 0 Å². The van der Waals surface area contributed by atoms with E-state index in [2.05, 4.69) is 15.5 Å². The molecule has 7 heteroatoms. The van der Waals surface area contributed by atoms with Crippen molar-refractivity contribution >= 4 is 12.2 Å². The van der Waals surface area contributed by atoms with Crippen LogP contribution < -0.4 is 15.7 Å². The maximum Gasteiger partial charge on any atom is 0.273 e. The van der Waals surface area contributed by atoms with Crippen LogP contribution in [-0.2, 0) is 7.05 Å². The number of nitrogens with zero attached hydrogens (tertiary/aromatic N) is 4. The molecule has 3 aromatic rings. The van der Waals surface area contributed by atoms with E-state index in [-0.39, 0.29) is 11.5 Å². The van der Waals surface area contributed by atoms with Crippen LogP contribution >= 0.6 is 0 Å². The molecule has 134 valence electrons. The number of hydrazone groups is 1. The summed E-state index contributed by atoms with van der Waals surface area (Å²) in [4.78, 5) is 17.0. The Kier molecular flexibility index (Phi) is 5.28. The molecule has 0 bridgehead atoms. The summed E-state index contributed by atoms with van der Waals surface area (Å²) in [5, 5.41) is 13.6. The summed E-state index contributed by atoms with van der Waals surface area (Å²) in [5.74, 6) is 0.906. The van der Waals surface area contributed by atoms with E-state index in [0.29, 0.717) is 17.0 Å². The molecule has 1 N–H and O–H groups in total. The summed E-state index contributed by atoms with van der Waals surface area (Å²) < 4.78 is 6.40. The largest absolute Gasteiger partial charge is 0.497 e. The van der Waals surface area contributed by atoms with E-state index in [4.69, 9.17) is 4.74 Å². The van der Waals surface area contributed by atoms with Crippen LogP contribution in [0.3, 0.4) is 0 Å². The SMILES string of the molecule is COc1ccc(-c2nc(N/N=C/c3ccccc3)n(C)c(=O)c2C#N)cc1. The zero-order valence-corrected chi connectivity index (χ0v) is 14.9. The monoisotopic (exact) mass is 359 g/mol. The Hall–Kier alpha value is -3.92. The standard InChI is InChI=1S/C20H17N5O2/c1-25-19(26)17(12-21)18(15-8-10-16(27-2)11-9-15)23-20(25)24-22-13-14-6-4-3-5-7-14/h3-11,13H,1-2H3,(H,23,24)/b22-13+. The van der Waals surface area contributed by atoms with Crippen molar-refractivity contribution in [2.75, 3.05) is 12.5 Å². The number of nitriles is 1. The molecule has 3 rings (SSSR count). The van der Waals surface area contributed by atoms with Gasteiger partial charge in [-0.25, -0.2) is 10.4 Å². The summed E-state index contributed by atoms with van der Waals surface area (Å²) in [7, 11) is 3.10. The van der Waals surface area contributed by atoms with Gasteiger partial charge in [-0.3, -0.25) is 9.36 Å². The zero-order chi connectivity index (χ0) is 19.2. The molecule has 0 radical (unpaired) electrons. The highest BCUT2D eigenvalue weighted by molar-refractivity contribution is 5.80. The first kappa shape index (κ1) is 17.9. The Morgan fingerprint density at radius 2 is 1.89 bits per heavy atom. The number of rotatable bonds is 5. The van der Waals surface area contributed by atoms with Crippen molar-refractivity contribution in [3.05, 3.63) is 76.1 Å². The number of aromatic nitrogens is 2. The van der Waals surface area contributed by atoms with Gasteiger partial charge in [0.2, 0.25) is 5.95 Å². The molecular weight excluding hydrogens is 342 g/mol. The number of hydrogen-bond acceptors (Lipinski definition) is 6. The minimum atomic E-state index is -0.448. The first-order valence-electron chi connectivity index (χ1n) is 8.13. The van der Waals surface area contributed by atoms with Gasteiger partial charge in [-0.1, -0.05) is 30.3 Å². The average Bonchev–Trinajstić information content (AvgIpc) is 2.72. The minimum absolute atomic E-state index is 0.0275. The van der Waals surface area contributed by atoms with Crippen LogP contribution in [0.4, 0.5) is 5.95 Å². The molecular formula is C20H17N5O2. The summed E-state index contributed by atoms with van der Waals surface area (Å²) >= 11 is 0. The molecule has 1 heterocycles. The molecule has 1 aromatic heterocycles. The molecule has 0 aliphatic heterocycles. The fraction of sp³-hybridized carbons (Fsp3) is 0.100. The van der Waals surface area contributed by atoms with Crippen LogP contribution in [0.1, 0.15) is 11.1 Å². The van der Waals surface area contributed by atoms with Crippen molar-refractivity contribution in [3.63, 3.8) is 0 Å². The summed E-state index contributed by atoms with van der Waals surface area (Å²) in [6.07, 6.45) is 1.62. The Bertz CT molecular complexity index is 1060. The molecule has 2 aromatic carbocycles. The highest BCUT2D eigenvalue weighted by Crippen LogP contribution is 2.23. The number of hydrogen-bond donors (Lipinski definition) is 1. The Balaban J connectivity index is 2.00. The fourth-order valence-electron chi connectivity index (χ4n) is 2.46. The van der Waals surface area contributed by atoms with Gasteiger partial charge in [0.25, 0.3) is 5.56 Å². The van der Waals surface area contributed by atoms with Crippen molar-refractivity contribution in [1.29, 1.82) is 5.26 Å². The third-order valence-corrected chi connectivity index (χ3v) is 3.94. The van der Waals surface area contributed by atoms with Gasteiger partial charge < -0.3 is 4.74 Å². The van der Waals surface area contributed by atoms with Gasteiger partial charge in [-0.05, 0) is 29.8 Å². The molecule has 0 aliphatic rings. The van der Waals surface area contributed by atoms with E-state index in [1.165, 1.54) is 11.6 Å². The molecule has 0 saturated heterocycles. The van der Waals surface area contributed by atoms with E-state index >= 15 is 0 Å². The molecule has 7 nitrogen and oxygen atoms in total. The van der Waals surface area contributed by atoms with Gasteiger partial charge in [0.1, 0.15) is 17.4 Å². The second kappa shape index (κ2) is 7.97. The van der Waals surface area contributed by atoms with Gasteiger partial charge in [0.15, 0.2) is 0 Å². The summed E-state index contributed by atoms with van der Waals surface area (Å²) in [6, 6.07) is 18.5. The van der Waals surface area contributed by atoms with Crippen molar-refractivity contribution in [3.8, 4) is 23.1 Å². The number of benzene rings is 2. The molecule has 27 heavy (non-hydrogen) atoms. The topological polar surface area (TPSA) is 92.3 Å². The third kappa shape index (κ3) is 3.85. The maximum absolute atomic E-state index is 12.6. The molecule has 0 aliphatic carbocycles. The molecule has 0 amide bonds. The van der Waals surface area contributed by atoms with Crippen molar-refractivity contribution in [2.45, 2.75) is 0 Å². The van der Waals surface area contributed by atoms with E-state index in [9.17, 15) is 10.1 Å². The predicted octanol–water partition coefficient (Wildman–Crippen LogP) is 2.77. The Labute approximate surface area is 156 Å². The van der Waals surface area contributed by atoms with Gasteiger partial charge in [-0.2, -0.15) is 10.4 Å². The zero-order valence-electron chi connectivity index (χ0n) is 14.9. The molecule has 0 fully saturated rings. The van der Waals surface area contributed by atoms with Crippen LogP contribution in [0, 0.1) is 11.3 Å². The normalized spacial score (nSPS) is 10.6. The van der Waals surface area contributed by atoms with E-state index in [0.717, 1.165) is 5.56 Å². The molecule has 0 saturated carbocycles. The lowest BCUT2D eigenvalue weighted by molar-refractivity contribution is 0.415. The lowest BCUT2D eigenvalue weighted by atomic mass is 10.1. The maximum atomic E-state index is 12.6. The second-order valence-electron chi connectivity index (χ2n) is 5.64. The first-order chi connectivity index (χ1) is 13.1. The number of nitrogens with one attached hydrogen (secondary N) is 1. The van der Waals surface area contributed by atoms with Crippen LogP contribution in [-0.4, -0.2) is 22.9 Å². The molecule has 0 spiro atoms. The highest BCUT2D eigenvalue weighted by atomic mass is 16.5. The van der Waals surface area contributed by atoms with Crippen molar-refractivity contribution in [2.24, 2.45) is 12.1 Å². The van der Waals surface area contributed by atoms with Crippen molar-refractivity contribution < 1.29 is 4.74 Å². The average molecular weight is 359 g/mol. The lowest BCUT2D eigenvalue weighted by Gasteiger charge is -2.11. The number of methoxy groups -OCH3 is 1. The second-order valence-corrected chi connectivity index (χ2v) is 5.64. The van der Waals surface area contributed by atoms with Crippen LogP contribution in [0.15, 0.2) is 64.5 Å². The van der Waals surface area contributed by atoms with Gasteiger partial charge in [0.05, 0.1) is 19.0 Å². The Morgan fingerprint density at radius 1 is 1.19 bits per heavy atom. The van der Waals surface area contributed by atoms with Crippen LogP contribution in [0.25, 0.3) is 11.3 Å². The predicted molar refractivity (Wildman–Crippen MR) is 104 cm³/mol. The first-order valence-corrected chi connectivity index (χ1v) is 8.13. The van der Waals surface area contributed by atoms with Crippen LogP contribution in [0.5, 0.6) is 5.75 Å². The van der Waals surface area contributed by atoms with Crippen molar-refractivity contribution in [1.82, 2.24) is 9.55 Å². The Morgan fingerprint density at radius 3 is 2.52 bits per heavy atom. The van der Waals surface area contributed by atoms with E-state index in [1.807, 2.05) is 36.4 Å². The minimum Gasteiger partial charge on any atom is -0.497 e.